The van der Waals surface area contributed by atoms with Crippen LogP contribution in [0.2, 0.25) is 0 Å². The third-order valence-corrected chi connectivity index (χ3v) is 2.93. The van der Waals surface area contributed by atoms with Gasteiger partial charge >= 0.3 is 0 Å². The van der Waals surface area contributed by atoms with Gasteiger partial charge in [0.25, 0.3) is 0 Å². The van der Waals surface area contributed by atoms with Crippen LogP contribution in [0.15, 0.2) is 12.4 Å². The molecule has 0 amide bonds. The van der Waals surface area contributed by atoms with Crippen molar-refractivity contribution < 1.29 is 5.11 Å². The number of rotatable bonds is 2. The minimum atomic E-state index is 0.00976. The first kappa shape index (κ1) is 10.4. The summed E-state index contributed by atoms with van der Waals surface area (Å²) in [6, 6.07) is 0.527. The van der Waals surface area contributed by atoms with E-state index in [0.29, 0.717) is 6.04 Å². The van der Waals surface area contributed by atoms with E-state index >= 15 is 0 Å². The Hall–Kier alpha value is -1.16. The maximum atomic E-state index is 8.90. The minimum Gasteiger partial charge on any atom is -0.392 e. The largest absolute Gasteiger partial charge is 0.392 e. The molecule has 15 heavy (non-hydrogen) atoms. The van der Waals surface area contributed by atoms with E-state index in [1.807, 2.05) is 0 Å². The maximum absolute atomic E-state index is 8.90. The molecule has 1 unspecified atom stereocenters. The number of aliphatic hydroxyl groups excluding tert-OH is 1. The lowest BCUT2D eigenvalue weighted by Gasteiger charge is -2.33. The highest BCUT2D eigenvalue weighted by atomic mass is 16.3. The molecule has 1 fully saturated rings. The maximum Gasteiger partial charge on any atom is 0.225 e. The number of piperidine rings is 1. The Kier molecular flexibility index (Phi) is 3.16. The van der Waals surface area contributed by atoms with Crippen LogP contribution < -0.4 is 4.90 Å². The first-order valence-electron chi connectivity index (χ1n) is 5.49. The molecule has 0 aromatic carbocycles. The summed E-state index contributed by atoms with van der Waals surface area (Å²) in [7, 11) is 0. The molecule has 4 nitrogen and oxygen atoms in total. The molecule has 2 rings (SSSR count). The van der Waals surface area contributed by atoms with E-state index in [4.69, 9.17) is 5.11 Å². The van der Waals surface area contributed by atoms with Crippen molar-refractivity contribution in [2.75, 3.05) is 11.4 Å². The van der Waals surface area contributed by atoms with Crippen LogP contribution in [-0.2, 0) is 6.61 Å². The second kappa shape index (κ2) is 4.57. The molecule has 0 radical (unpaired) electrons. The van der Waals surface area contributed by atoms with Gasteiger partial charge in [-0.3, -0.25) is 0 Å². The lowest BCUT2D eigenvalue weighted by Crippen LogP contribution is -2.38. The lowest BCUT2D eigenvalue weighted by molar-refractivity contribution is 0.281. The van der Waals surface area contributed by atoms with Crippen molar-refractivity contribution in [1.82, 2.24) is 9.97 Å². The number of hydrogen-bond donors (Lipinski definition) is 1. The Balaban J connectivity index is 2.13. The first-order chi connectivity index (χ1) is 7.31. The van der Waals surface area contributed by atoms with Crippen molar-refractivity contribution in [2.45, 2.75) is 38.8 Å². The van der Waals surface area contributed by atoms with Crippen LogP contribution in [0, 0.1) is 0 Å². The second-order valence-corrected chi connectivity index (χ2v) is 4.09. The van der Waals surface area contributed by atoms with Gasteiger partial charge in [-0.15, -0.1) is 0 Å². The monoisotopic (exact) mass is 207 g/mol. The molecule has 1 aliphatic heterocycles. The van der Waals surface area contributed by atoms with Gasteiger partial charge in [0.2, 0.25) is 5.95 Å². The number of nitrogens with zero attached hydrogens (tertiary/aromatic N) is 3. The summed E-state index contributed by atoms with van der Waals surface area (Å²) in [6.07, 6.45) is 7.13. The number of hydrogen-bond acceptors (Lipinski definition) is 4. The number of anilines is 1. The second-order valence-electron chi connectivity index (χ2n) is 4.09. The summed E-state index contributed by atoms with van der Waals surface area (Å²) in [5, 5.41) is 8.90. The van der Waals surface area contributed by atoms with E-state index in [2.05, 4.69) is 21.8 Å². The predicted octanol–water partition coefficient (Wildman–Crippen LogP) is 1.35. The Labute approximate surface area is 90.0 Å². The van der Waals surface area contributed by atoms with Gasteiger partial charge in [0, 0.05) is 30.5 Å². The Bertz CT molecular complexity index is 312. The van der Waals surface area contributed by atoms with Gasteiger partial charge in [0.15, 0.2) is 0 Å². The highest BCUT2D eigenvalue weighted by Crippen LogP contribution is 2.20. The van der Waals surface area contributed by atoms with Gasteiger partial charge in [-0.2, -0.15) is 0 Å². The molecule has 1 saturated heterocycles. The normalized spacial score (nSPS) is 21.7. The van der Waals surface area contributed by atoms with Crippen molar-refractivity contribution in [2.24, 2.45) is 0 Å². The Morgan fingerprint density at radius 3 is 2.73 bits per heavy atom. The SMILES string of the molecule is CC1CCCCN1c1ncc(CO)cn1. The number of aromatic nitrogens is 2. The van der Waals surface area contributed by atoms with Crippen molar-refractivity contribution in [3.8, 4) is 0 Å². The minimum absolute atomic E-state index is 0.00976. The van der Waals surface area contributed by atoms with E-state index in [-0.39, 0.29) is 6.61 Å². The van der Waals surface area contributed by atoms with Crippen LogP contribution in [0.5, 0.6) is 0 Å². The summed E-state index contributed by atoms with van der Waals surface area (Å²) in [6.45, 7) is 3.26. The summed E-state index contributed by atoms with van der Waals surface area (Å²) >= 11 is 0. The molecule has 1 N–H and O–H groups in total. The van der Waals surface area contributed by atoms with E-state index < -0.39 is 0 Å². The molecule has 1 aromatic rings. The molecular weight excluding hydrogens is 190 g/mol. The zero-order chi connectivity index (χ0) is 10.7. The van der Waals surface area contributed by atoms with Gasteiger partial charge in [-0.05, 0) is 26.2 Å². The summed E-state index contributed by atoms with van der Waals surface area (Å²) in [5.41, 5.74) is 0.767. The van der Waals surface area contributed by atoms with Crippen LogP contribution in [0.1, 0.15) is 31.7 Å². The molecule has 2 heterocycles. The van der Waals surface area contributed by atoms with Crippen LogP contribution in [-0.4, -0.2) is 27.7 Å². The van der Waals surface area contributed by atoms with Crippen molar-refractivity contribution in [1.29, 1.82) is 0 Å². The van der Waals surface area contributed by atoms with Gasteiger partial charge in [-0.25, -0.2) is 9.97 Å². The fraction of sp³-hybridized carbons (Fsp3) is 0.636. The van der Waals surface area contributed by atoms with Crippen molar-refractivity contribution in [3.63, 3.8) is 0 Å². The van der Waals surface area contributed by atoms with Crippen LogP contribution in [0.25, 0.3) is 0 Å². The van der Waals surface area contributed by atoms with Crippen LogP contribution in [0.3, 0.4) is 0 Å². The van der Waals surface area contributed by atoms with Gasteiger partial charge in [-0.1, -0.05) is 0 Å². The highest BCUT2D eigenvalue weighted by Gasteiger charge is 2.20. The van der Waals surface area contributed by atoms with Crippen molar-refractivity contribution in [3.05, 3.63) is 18.0 Å². The predicted molar refractivity (Wildman–Crippen MR) is 58.6 cm³/mol. The molecule has 82 valence electrons. The zero-order valence-corrected chi connectivity index (χ0v) is 9.06. The average molecular weight is 207 g/mol. The Morgan fingerprint density at radius 1 is 1.40 bits per heavy atom. The third-order valence-electron chi connectivity index (χ3n) is 2.93. The summed E-state index contributed by atoms with van der Waals surface area (Å²) in [4.78, 5) is 10.8. The van der Waals surface area contributed by atoms with E-state index in [9.17, 15) is 0 Å². The molecule has 4 heteroatoms. The van der Waals surface area contributed by atoms with E-state index in [0.717, 1.165) is 18.1 Å². The Morgan fingerprint density at radius 2 is 2.13 bits per heavy atom. The molecule has 1 aliphatic rings. The van der Waals surface area contributed by atoms with Gasteiger partial charge < -0.3 is 10.0 Å². The van der Waals surface area contributed by atoms with Gasteiger partial charge in [0.05, 0.1) is 6.61 Å². The molecule has 1 aromatic heterocycles. The molecule has 0 bridgehead atoms. The standard InChI is InChI=1S/C11H17N3O/c1-9-4-2-3-5-14(9)11-12-6-10(8-15)7-13-11/h6-7,9,15H,2-5,8H2,1H3. The molecule has 0 spiro atoms. The van der Waals surface area contributed by atoms with Gasteiger partial charge in [0.1, 0.15) is 0 Å². The fourth-order valence-electron chi connectivity index (χ4n) is 1.97. The van der Waals surface area contributed by atoms with Crippen LogP contribution >= 0.6 is 0 Å². The number of aliphatic hydroxyl groups is 1. The first-order valence-corrected chi connectivity index (χ1v) is 5.49. The molecule has 0 saturated carbocycles. The smallest absolute Gasteiger partial charge is 0.225 e. The fourth-order valence-corrected chi connectivity index (χ4v) is 1.97. The van der Waals surface area contributed by atoms with Crippen molar-refractivity contribution >= 4 is 5.95 Å². The quantitative estimate of drug-likeness (QED) is 0.795. The molecular formula is C11H17N3O. The highest BCUT2D eigenvalue weighted by molar-refractivity contribution is 5.31. The summed E-state index contributed by atoms with van der Waals surface area (Å²) in [5.74, 6) is 0.791. The van der Waals surface area contributed by atoms with Crippen LogP contribution in [0.4, 0.5) is 5.95 Å². The lowest BCUT2D eigenvalue weighted by atomic mass is 10.0. The zero-order valence-electron chi connectivity index (χ0n) is 9.06. The van der Waals surface area contributed by atoms with E-state index in [1.165, 1.54) is 19.3 Å². The third kappa shape index (κ3) is 2.26. The summed E-state index contributed by atoms with van der Waals surface area (Å²) < 4.78 is 0. The average Bonchev–Trinajstić information content (AvgIpc) is 2.30. The molecule has 1 atom stereocenters. The topological polar surface area (TPSA) is 49.2 Å². The molecule has 0 aliphatic carbocycles. The van der Waals surface area contributed by atoms with E-state index in [1.54, 1.807) is 12.4 Å².